The third kappa shape index (κ3) is 2.45. The van der Waals surface area contributed by atoms with E-state index in [0.717, 1.165) is 0 Å². The van der Waals surface area contributed by atoms with Gasteiger partial charge in [0.15, 0.2) is 5.92 Å². The van der Waals surface area contributed by atoms with Crippen molar-refractivity contribution in [2.24, 2.45) is 5.92 Å². The number of carboxylic acid groups (broad SMARTS) is 1. The molecule has 1 N–H and O–H groups in total. The van der Waals surface area contributed by atoms with E-state index >= 15 is 0 Å². The fraction of sp³-hybridized carbons (Fsp3) is 0.625. The smallest absolute Gasteiger partial charge is 0.320 e. The van der Waals surface area contributed by atoms with Crippen LogP contribution in [0.3, 0.4) is 0 Å². The van der Waals surface area contributed by atoms with Gasteiger partial charge in [0.25, 0.3) is 0 Å². The molecule has 0 amide bonds. The van der Waals surface area contributed by atoms with E-state index in [1.807, 2.05) is 0 Å². The second-order valence-corrected chi connectivity index (χ2v) is 2.99. The first-order valence-corrected chi connectivity index (χ1v) is 4.07. The van der Waals surface area contributed by atoms with E-state index in [-0.39, 0.29) is 13.0 Å². The molecular weight excluding hydrogens is 192 g/mol. The van der Waals surface area contributed by atoms with E-state index in [1.54, 1.807) is 0 Å². The fourth-order valence-electron chi connectivity index (χ4n) is 1.17. The number of cyclic esters (lactones) is 1. The molecule has 78 valence electrons. The molecule has 0 saturated carbocycles. The molecule has 1 fully saturated rings. The van der Waals surface area contributed by atoms with Crippen molar-refractivity contribution in [2.45, 2.75) is 19.4 Å². The van der Waals surface area contributed by atoms with Crippen LogP contribution in [0.25, 0.3) is 0 Å². The topological polar surface area (TPSA) is 89.9 Å². The molecule has 6 nitrogen and oxygen atoms in total. The lowest BCUT2D eigenvalue weighted by atomic mass is 10.1. The Hall–Kier alpha value is -1.59. The number of ether oxygens (including phenoxy) is 2. The highest BCUT2D eigenvalue weighted by Gasteiger charge is 2.39. The van der Waals surface area contributed by atoms with Crippen LogP contribution in [0, 0.1) is 5.92 Å². The van der Waals surface area contributed by atoms with E-state index < -0.39 is 29.9 Å². The summed E-state index contributed by atoms with van der Waals surface area (Å²) >= 11 is 0. The van der Waals surface area contributed by atoms with Gasteiger partial charge in [-0.05, 0) is 0 Å². The van der Waals surface area contributed by atoms with Crippen molar-refractivity contribution in [2.75, 3.05) is 6.61 Å². The summed E-state index contributed by atoms with van der Waals surface area (Å²) < 4.78 is 9.28. The molecule has 0 aromatic heterocycles. The summed E-state index contributed by atoms with van der Waals surface area (Å²) in [4.78, 5) is 31.8. The van der Waals surface area contributed by atoms with E-state index in [2.05, 4.69) is 9.47 Å². The van der Waals surface area contributed by atoms with Crippen molar-refractivity contribution in [3.63, 3.8) is 0 Å². The monoisotopic (exact) mass is 202 g/mol. The normalized spacial score (nSPS) is 25.6. The molecule has 0 aliphatic carbocycles. The molecule has 0 spiro atoms. The van der Waals surface area contributed by atoms with Gasteiger partial charge in [0.05, 0.1) is 0 Å². The minimum absolute atomic E-state index is 0.0570. The van der Waals surface area contributed by atoms with Gasteiger partial charge < -0.3 is 14.6 Å². The molecule has 0 aromatic carbocycles. The van der Waals surface area contributed by atoms with E-state index in [9.17, 15) is 14.4 Å². The highest BCUT2D eigenvalue weighted by atomic mass is 16.6. The zero-order valence-corrected chi connectivity index (χ0v) is 7.56. The highest BCUT2D eigenvalue weighted by Crippen LogP contribution is 2.21. The Kier molecular flexibility index (Phi) is 3.06. The van der Waals surface area contributed by atoms with Crippen molar-refractivity contribution in [1.29, 1.82) is 0 Å². The van der Waals surface area contributed by atoms with Gasteiger partial charge in [0, 0.05) is 13.3 Å². The zero-order chi connectivity index (χ0) is 10.7. The maximum absolute atomic E-state index is 10.9. The van der Waals surface area contributed by atoms with Crippen molar-refractivity contribution in [3.8, 4) is 0 Å². The summed E-state index contributed by atoms with van der Waals surface area (Å²) in [7, 11) is 0. The van der Waals surface area contributed by atoms with Crippen LogP contribution in [0.15, 0.2) is 0 Å². The van der Waals surface area contributed by atoms with Gasteiger partial charge in [-0.25, -0.2) is 0 Å². The van der Waals surface area contributed by atoms with Crippen LogP contribution in [0.2, 0.25) is 0 Å². The van der Waals surface area contributed by atoms with Crippen molar-refractivity contribution in [3.05, 3.63) is 0 Å². The molecule has 1 rings (SSSR count). The molecule has 6 heteroatoms. The maximum atomic E-state index is 10.9. The van der Waals surface area contributed by atoms with Gasteiger partial charge in [0.2, 0.25) is 0 Å². The van der Waals surface area contributed by atoms with Crippen LogP contribution in [0.5, 0.6) is 0 Å². The highest BCUT2D eigenvalue weighted by molar-refractivity contribution is 5.95. The van der Waals surface area contributed by atoms with Gasteiger partial charge in [-0.1, -0.05) is 0 Å². The average molecular weight is 202 g/mol. The molecule has 1 heterocycles. The predicted octanol–water partition coefficient (Wildman–Crippen LogP) is -0.434. The van der Waals surface area contributed by atoms with Crippen LogP contribution in [-0.4, -0.2) is 35.7 Å². The van der Waals surface area contributed by atoms with Gasteiger partial charge >= 0.3 is 17.9 Å². The number of carbonyl (C=O) groups excluding carboxylic acids is 2. The summed E-state index contributed by atoms with van der Waals surface area (Å²) in [6.07, 6.45) is -0.575. The van der Waals surface area contributed by atoms with E-state index in [4.69, 9.17) is 5.11 Å². The Morgan fingerprint density at radius 2 is 2.29 bits per heavy atom. The van der Waals surface area contributed by atoms with Gasteiger partial charge in [-0.15, -0.1) is 0 Å². The second-order valence-electron chi connectivity index (χ2n) is 2.99. The standard InChI is InChI=1S/C8H10O6/c1-4(9)13-3-5-2-6(7(10)11)8(12)14-5/h5-6H,2-3H2,1H3,(H,10,11). The molecule has 1 saturated heterocycles. The first kappa shape index (κ1) is 10.5. The number of hydrogen-bond donors (Lipinski definition) is 1. The Morgan fingerprint density at radius 3 is 2.71 bits per heavy atom. The Labute approximate surface area is 79.8 Å². The van der Waals surface area contributed by atoms with Crippen molar-refractivity contribution < 1.29 is 29.0 Å². The first-order chi connectivity index (χ1) is 6.50. The number of esters is 2. The third-order valence-corrected chi connectivity index (χ3v) is 1.84. The Morgan fingerprint density at radius 1 is 1.64 bits per heavy atom. The molecule has 1 aliphatic heterocycles. The van der Waals surface area contributed by atoms with E-state index in [1.165, 1.54) is 6.92 Å². The molecule has 0 radical (unpaired) electrons. The van der Waals surface area contributed by atoms with Crippen LogP contribution < -0.4 is 0 Å². The SMILES string of the molecule is CC(=O)OCC1CC(C(=O)O)C(=O)O1. The lowest BCUT2D eigenvalue weighted by Gasteiger charge is -2.07. The molecule has 0 bridgehead atoms. The number of rotatable bonds is 3. The first-order valence-electron chi connectivity index (χ1n) is 4.07. The minimum Gasteiger partial charge on any atom is -0.481 e. The summed E-state index contributed by atoms with van der Waals surface area (Å²) in [5, 5.41) is 8.57. The van der Waals surface area contributed by atoms with Gasteiger partial charge in [-0.2, -0.15) is 0 Å². The van der Waals surface area contributed by atoms with Crippen molar-refractivity contribution >= 4 is 17.9 Å². The van der Waals surface area contributed by atoms with Crippen LogP contribution in [0.1, 0.15) is 13.3 Å². The number of carbonyl (C=O) groups is 3. The Bertz CT molecular complexity index is 271. The molecule has 0 aromatic rings. The third-order valence-electron chi connectivity index (χ3n) is 1.84. The number of aliphatic carboxylic acids is 1. The molecule has 2 atom stereocenters. The van der Waals surface area contributed by atoms with Crippen LogP contribution in [0.4, 0.5) is 0 Å². The van der Waals surface area contributed by atoms with Gasteiger partial charge in [0.1, 0.15) is 12.7 Å². The predicted molar refractivity (Wildman–Crippen MR) is 42.3 cm³/mol. The lowest BCUT2D eigenvalue weighted by molar-refractivity contribution is -0.156. The van der Waals surface area contributed by atoms with E-state index in [0.29, 0.717) is 0 Å². The largest absolute Gasteiger partial charge is 0.481 e. The Balaban J connectivity index is 2.43. The zero-order valence-electron chi connectivity index (χ0n) is 7.56. The number of carboxylic acids is 1. The second kappa shape index (κ2) is 4.08. The quantitative estimate of drug-likeness (QED) is 0.493. The molecule has 2 unspecified atom stereocenters. The fourth-order valence-corrected chi connectivity index (χ4v) is 1.17. The summed E-state index contributed by atoms with van der Waals surface area (Å²) in [6.45, 7) is 1.15. The molecule has 14 heavy (non-hydrogen) atoms. The van der Waals surface area contributed by atoms with Crippen molar-refractivity contribution in [1.82, 2.24) is 0 Å². The lowest BCUT2D eigenvalue weighted by Crippen LogP contribution is -2.18. The molecule has 1 aliphatic rings. The summed E-state index contributed by atoms with van der Waals surface area (Å²) in [6, 6.07) is 0. The average Bonchev–Trinajstić information content (AvgIpc) is 2.43. The maximum Gasteiger partial charge on any atom is 0.320 e. The summed E-state index contributed by atoms with van der Waals surface area (Å²) in [5.41, 5.74) is 0. The van der Waals surface area contributed by atoms with Gasteiger partial charge in [-0.3, -0.25) is 14.4 Å². The van der Waals surface area contributed by atoms with Crippen LogP contribution in [-0.2, 0) is 23.9 Å². The summed E-state index contributed by atoms with van der Waals surface area (Å²) in [5.74, 6) is -3.59. The van der Waals surface area contributed by atoms with Crippen LogP contribution >= 0.6 is 0 Å². The number of hydrogen-bond acceptors (Lipinski definition) is 5. The minimum atomic E-state index is -1.21. The molecular formula is C8H10O6.